The molecule has 4 rings (SSSR count). The first kappa shape index (κ1) is 24.8. The summed E-state index contributed by atoms with van der Waals surface area (Å²) in [5, 5.41) is 10.5. The number of nitriles is 1. The van der Waals surface area contributed by atoms with Crippen LogP contribution in [0.15, 0.2) is 35.4 Å². The molecule has 3 heterocycles. The van der Waals surface area contributed by atoms with Crippen molar-refractivity contribution in [2.75, 3.05) is 31.3 Å². The fourth-order valence-electron chi connectivity index (χ4n) is 4.49. The number of halogens is 3. The van der Waals surface area contributed by atoms with Crippen LogP contribution in [0.1, 0.15) is 29.5 Å². The van der Waals surface area contributed by atoms with Gasteiger partial charge in [-0.25, -0.2) is 31.7 Å². The molecule has 0 saturated carbocycles. The van der Waals surface area contributed by atoms with E-state index in [1.807, 2.05) is 0 Å². The molecule has 0 amide bonds. The number of anilines is 1. The summed E-state index contributed by atoms with van der Waals surface area (Å²) in [5.41, 5.74) is -1.64. The van der Waals surface area contributed by atoms with E-state index in [9.17, 15) is 27.4 Å². The third-order valence-corrected chi connectivity index (χ3v) is 7.46. The molecule has 184 valence electrons. The highest BCUT2D eigenvalue weighted by molar-refractivity contribution is 7.81. The highest BCUT2D eigenvalue weighted by Crippen LogP contribution is 2.35. The minimum Gasteiger partial charge on any atom is -0.355 e. The average molecular weight is 505 g/mol. The van der Waals surface area contributed by atoms with Crippen LogP contribution >= 0.6 is 0 Å². The van der Waals surface area contributed by atoms with Gasteiger partial charge in [0.1, 0.15) is 29.0 Å². The molecular weight excluding hydrogens is 481 g/mol. The second-order valence-corrected chi connectivity index (χ2v) is 9.93. The molecule has 0 spiro atoms. The Morgan fingerprint density at radius 2 is 2.09 bits per heavy atom. The monoisotopic (exact) mass is 504 g/mol. The third-order valence-electron chi connectivity index (χ3n) is 6.42. The van der Waals surface area contributed by atoms with Crippen molar-refractivity contribution in [3.63, 3.8) is 0 Å². The van der Waals surface area contributed by atoms with E-state index in [0.29, 0.717) is 29.8 Å². The lowest BCUT2D eigenvalue weighted by atomic mass is 9.81. The number of aromatic nitrogens is 3. The molecule has 8 nitrogen and oxygen atoms in total. The van der Waals surface area contributed by atoms with Crippen molar-refractivity contribution in [1.29, 1.82) is 5.26 Å². The first-order valence-corrected chi connectivity index (χ1v) is 12.2. The van der Waals surface area contributed by atoms with Crippen LogP contribution in [0.5, 0.6) is 0 Å². The zero-order valence-corrected chi connectivity index (χ0v) is 20.2. The molecule has 1 aliphatic heterocycles. The Morgan fingerprint density at radius 3 is 2.71 bits per heavy atom. The normalized spacial score (nSPS) is 19.3. The highest BCUT2D eigenvalue weighted by atomic mass is 32.2. The molecule has 1 saturated heterocycles. The lowest BCUT2D eigenvalue weighted by Crippen LogP contribution is -2.37. The van der Waals surface area contributed by atoms with Gasteiger partial charge in [0.05, 0.1) is 28.0 Å². The van der Waals surface area contributed by atoms with Crippen LogP contribution in [0, 0.1) is 17.1 Å². The smallest absolute Gasteiger partial charge is 0.266 e. The van der Waals surface area contributed by atoms with Crippen LogP contribution in [0.2, 0.25) is 0 Å². The Morgan fingerprint density at radius 1 is 1.34 bits per heavy atom. The van der Waals surface area contributed by atoms with Crippen LogP contribution in [-0.2, 0) is 30.0 Å². The number of pyridine rings is 1. The molecule has 0 radical (unpaired) electrons. The van der Waals surface area contributed by atoms with E-state index in [1.54, 1.807) is 22.3 Å². The fourth-order valence-corrected chi connectivity index (χ4v) is 5.24. The van der Waals surface area contributed by atoms with E-state index >= 15 is 0 Å². The van der Waals surface area contributed by atoms with Crippen molar-refractivity contribution >= 4 is 27.8 Å². The summed E-state index contributed by atoms with van der Waals surface area (Å²) in [6.45, 7) is 0.468. The SMILES string of the molecule is CN(Cc1cccc(C(F)F)c1F)c1ncnc2c1cc(C1(C#N)CCN(S(C)=O)C1)c(=O)n2C. The van der Waals surface area contributed by atoms with Gasteiger partial charge in [-0.3, -0.25) is 9.36 Å². The van der Waals surface area contributed by atoms with Crippen molar-refractivity contribution in [3.05, 3.63) is 63.5 Å². The number of rotatable bonds is 6. The van der Waals surface area contributed by atoms with Gasteiger partial charge >= 0.3 is 0 Å². The van der Waals surface area contributed by atoms with Crippen LogP contribution in [-0.4, -0.2) is 49.4 Å². The number of fused-ring (bicyclic) bond motifs is 1. The second-order valence-electron chi connectivity index (χ2n) is 8.57. The van der Waals surface area contributed by atoms with Crippen molar-refractivity contribution in [3.8, 4) is 6.07 Å². The number of alkyl halides is 2. The molecule has 12 heteroatoms. The lowest BCUT2D eigenvalue weighted by molar-refractivity contribution is 0.146. The summed E-state index contributed by atoms with van der Waals surface area (Å²) in [4.78, 5) is 23.4. The maximum atomic E-state index is 14.6. The van der Waals surface area contributed by atoms with Gasteiger partial charge in [-0.1, -0.05) is 18.2 Å². The van der Waals surface area contributed by atoms with Crippen LogP contribution in [0.25, 0.3) is 11.0 Å². The Kier molecular flexibility index (Phi) is 6.66. The maximum Gasteiger partial charge on any atom is 0.266 e. The van der Waals surface area contributed by atoms with E-state index in [0.717, 1.165) is 6.07 Å². The number of aryl methyl sites for hydroxylation is 1. The predicted molar refractivity (Wildman–Crippen MR) is 126 cm³/mol. The van der Waals surface area contributed by atoms with Gasteiger partial charge in [0.15, 0.2) is 0 Å². The maximum absolute atomic E-state index is 14.6. The molecular formula is C23H23F3N6O2S. The van der Waals surface area contributed by atoms with Crippen molar-refractivity contribution in [2.24, 2.45) is 7.05 Å². The molecule has 2 unspecified atom stereocenters. The first-order chi connectivity index (χ1) is 16.6. The molecule has 2 aromatic heterocycles. The number of benzene rings is 1. The molecule has 0 aliphatic carbocycles. The molecule has 1 aromatic carbocycles. The summed E-state index contributed by atoms with van der Waals surface area (Å²) in [6, 6.07) is 7.66. The Hall–Kier alpha value is -3.30. The molecule has 1 fully saturated rings. The van der Waals surface area contributed by atoms with Crippen LogP contribution in [0.3, 0.4) is 0 Å². The quantitative estimate of drug-likeness (QED) is 0.513. The van der Waals surface area contributed by atoms with Gasteiger partial charge in [-0.2, -0.15) is 5.26 Å². The zero-order valence-electron chi connectivity index (χ0n) is 19.3. The van der Waals surface area contributed by atoms with Crippen LogP contribution in [0.4, 0.5) is 19.0 Å². The molecule has 0 N–H and O–H groups in total. The average Bonchev–Trinajstić information content (AvgIpc) is 3.28. The molecule has 2 atom stereocenters. The van der Waals surface area contributed by atoms with Gasteiger partial charge in [0, 0.05) is 51.1 Å². The second kappa shape index (κ2) is 9.39. The number of hydrogen-bond donors (Lipinski definition) is 0. The predicted octanol–water partition coefficient (Wildman–Crippen LogP) is 2.80. The van der Waals surface area contributed by atoms with E-state index in [4.69, 9.17) is 0 Å². The summed E-state index contributed by atoms with van der Waals surface area (Å²) >= 11 is 0. The van der Waals surface area contributed by atoms with Crippen LogP contribution < -0.4 is 10.5 Å². The summed E-state index contributed by atoms with van der Waals surface area (Å²) < 4.78 is 55.9. The third kappa shape index (κ3) is 4.30. The fraction of sp³-hybridized carbons (Fsp3) is 0.391. The van der Waals surface area contributed by atoms with Crippen molar-refractivity contribution in [1.82, 2.24) is 18.8 Å². The van der Waals surface area contributed by atoms with E-state index in [1.165, 1.54) is 36.3 Å². The first-order valence-electron chi connectivity index (χ1n) is 10.7. The minimum atomic E-state index is -2.94. The lowest BCUT2D eigenvalue weighted by Gasteiger charge is -2.24. The van der Waals surface area contributed by atoms with Gasteiger partial charge in [0.2, 0.25) is 0 Å². The summed E-state index contributed by atoms with van der Waals surface area (Å²) in [7, 11) is 1.87. The Balaban J connectivity index is 1.82. The standard InChI is InChI=1S/C23H23F3N6O2S/c1-30(10-14-5-4-6-15(18(14)24)19(25)26)20-16-9-17(22(33)31(2)21(16)29-13-28-20)23(11-27)7-8-32(12-23)35(3)34/h4-6,9,13,19H,7-8,10,12H2,1-3H3. The zero-order chi connectivity index (χ0) is 25.5. The number of nitrogens with zero attached hydrogens (tertiary/aromatic N) is 6. The van der Waals surface area contributed by atoms with Gasteiger partial charge in [0.25, 0.3) is 12.0 Å². The summed E-state index contributed by atoms with van der Waals surface area (Å²) in [5.74, 6) is -0.640. The van der Waals surface area contributed by atoms with E-state index in [-0.39, 0.29) is 24.2 Å². The van der Waals surface area contributed by atoms with Crippen molar-refractivity contribution < 1.29 is 17.4 Å². The van der Waals surface area contributed by atoms with Crippen molar-refractivity contribution in [2.45, 2.75) is 24.8 Å². The largest absolute Gasteiger partial charge is 0.355 e. The number of hydrogen-bond acceptors (Lipinski definition) is 6. The topological polar surface area (TPSA) is 95.1 Å². The highest BCUT2D eigenvalue weighted by Gasteiger charge is 2.43. The van der Waals surface area contributed by atoms with Gasteiger partial charge in [-0.15, -0.1) is 0 Å². The molecule has 1 aliphatic rings. The Labute approximate surface area is 202 Å². The molecule has 0 bridgehead atoms. The Bertz CT molecular complexity index is 1420. The minimum absolute atomic E-state index is 0.0625. The molecule has 3 aromatic rings. The summed E-state index contributed by atoms with van der Waals surface area (Å²) in [6.07, 6.45) is 0.169. The van der Waals surface area contributed by atoms with E-state index < -0.39 is 39.8 Å². The van der Waals surface area contributed by atoms with Gasteiger partial charge in [-0.05, 0) is 12.5 Å². The molecule has 35 heavy (non-hydrogen) atoms. The van der Waals surface area contributed by atoms with Gasteiger partial charge < -0.3 is 4.90 Å². The van der Waals surface area contributed by atoms with E-state index in [2.05, 4.69) is 16.0 Å².